The minimum atomic E-state index is -0.0552. The number of nitrogens with one attached hydrogen (secondary N) is 1. The highest BCUT2D eigenvalue weighted by atomic mass is 16.2. The molecule has 2 rings (SSSR count). The molecular weight excluding hydrogens is 238 g/mol. The molecule has 1 aromatic carbocycles. The third kappa shape index (κ3) is 3.55. The highest BCUT2D eigenvalue weighted by Crippen LogP contribution is 2.28. The van der Waals surface area contributed by atoms with Crippen molar-refractivity contribution in [3.8, 4) is 6.07 Å². The summed E-state index contributed by atoms with van der Waals surface area (Å²) in [7, 11) is 0. The number of hydrogen-bond donors (Lipinski definition) is 1. The maximum absolute atomic E-state index is 12.0. The van der Waals surface area contributed by atoms with Crippen LogP contribution in [0.5, 0.6) is 0 Å². The van der Waals surface area contributed by atoms with E-state index in [2.05, 4.69) is 30.1 Å². The van der Waals surface area contributed by atoms with E-state index in [1.165, 1.54) is 0 Å². The Hall–Kier alpha value is -1.86. The Morgan fingerprint density at radius 3 is 2.84 bits per heavy atom. The maximum atomic E-state index is 12.0. The van der Waals surface area contributed by atoms with E-state index in [0.717, 1.165) is 19.5 Å². The second-order valence-corrected chi connectivity index (χ2v) is 5.83. The number of hydrogen-bond acceptors (Lipinski definition) is 3. The van der Waals surface area contributed by atoms with Gasteiger partial charge in [0.2, 0.25) is 5.91 Å². The average Bonchev–Trinajstić information content (AvgIpc) is 2.69. The lowest BCUT2D eigenvalue weighted by atomic mass is 9.93. The van der Waals surface area contributed by atoms with E-state index in [1.807, 2.05) is 6.07 Å². The van der Waals surface area contributed by atoms with Crippen LogP contribution in [0, 0.1) is 16.7 Å². The lowest BCUT2D eigenvalue weighted by Gasteiger charge is -2.19. The van der Waals surface area contributed by atoms with Crippen LogP contribution in [0.2, 0.25) is 0 Å². The van der Waals surface area contributed by atoms with Gasteiger partial charge in [-0.3, -0.25) is 9.69 Å². The summed E-state index contributed by atoms with van der Waals surface area (Å²) >= 11 is 0. The van der Waals surface area contributed by atoms with Gasteiger partial charge in [-0.15, -0.1) is 0 Å². The smallest absolute Gasteiger partial charge is 0.238 e. The van der Waals surface area contributed by atoms with Crippen molar-refractivity contribution in [3.05, 3.63) is 29.8 Å². The largest absolute Gasteiger partial charge is 0.324 e. The van der Waals surface area contributed by atoms with E-state index in [-0.39, 0.29) is 5.91 Å². The fraction of sp³-hybridized carbons (Fsp3) is 0.467. The van der Waals surface area contributed by atoms with E-state index in [0.29, 0.717) is 23.2 Å². The highest BCUT2D eigenvalue weighted by Gasteiger charge is 2.29. The lowest BCUT2D eigenvalue weighted by Crippen LogP contribution is -2.32. The normalized spacial score (nSPS) is 17.9. The first-order valence-electron chi connectivity index (χ1n) is 6.51. The van der Waals surface area contributed by atoms with Gasteiger partial charge in [-0.25, -0.2) is 0 Å². The van der Waals surface area contributed by atoms with Crippen LogP contribution in [0.4, 0.5) is 5.69 Å². The zero-order valence-corrected chi connectivity index (χ0v) is 11.4. The van der Waals surface area contributed by atoms with Gasteiger partial charge in [-0.05, 0) is 30.5 Å². The van der Waals surface area contributed by atoms with Crippen molar-refractivity contribution < 1.29 is 4.79 Å². The number of amides is 1. The number of carbonyl (C=O) groups excluding carboxylic acids is 1. The molecular formula is C15H19N3O. The number of benzene rings is 1. The summed E-state index contributed by atoms with van der Waals surface area (Å²) in [6.45, 7) is 6.73. The number of anilines is 1. The third-order valence-electron chi connectivity index (χ3n) is 3.45. The number of nitrogens with zero attached hydrogens (tertiary/aromatic N) is 2. The van der Waals surface area contributed by atoms with Gasteiger partial charge in [0, 0.05) is 6.54 Å². The Labute approximate surface area is 114 Å². The number of carbonyl (C=O) groups is 1. The van der Waals surface area contributed by atoms with Gasteiger partial charge in [0.15, 0.2) is 0 Å². The second kappa shape index (κ2) is 5.41. The molecule has 0 saturated carbocycles. The molecule has 19 heavy (non-hydrogen) atoms. The Balaban J connectivity index is 1.94. The van der Waals surface area contributed by atoms with Crippen LogP contribution < -0.4 is 5.32 Å². The van der Waals surface area contributed by atoms with Gasteiger partial charge in [-0.2, -0.15) is 5.26 Å². The van der Waals surface area contributed by atoms with Crippen molar-refractivity contribution in [2.75, 3.05) is 25.0 Å². The zero-order chi connectivity index (χ0) is 13.9. The van der Waals surface area contributed by atoms with Crippen LogP contribution in [-0.2, 0) is 4.79 Å². The van der Waals surface area contributed by atoms with Crippen molar-refractivity contribution >= 4 is 11.6 Å². The quantitative estimate of drug-likeness (QED) is 0.903. The number of likely N-dealkylation sites (tertiary alicyclic amines) is 1. The third-order valence-corrected chi connectivity index (χ3v) is 3.45. The van der Waals surface area contributed by atoms with E-state index in [9.17, 15) is 4.79 Å². The molecule has 0 aliphatic carbocycles. The molecule has 1 amide bonds. The molecule has 0 bridgehead atoms. The number of rotatable bonds is 3. The lowest BCUT2D eigenvalue weighted by molar-refractivity contribution is -0.117. The molecule has 0 radical (unpaired) electrons. The Bertz CT molecular complexity index is 516. The highest BCUT2D eigenvalue weighted by molar-refractivity contribution is 5.93. The second-order valence-electron chi connectivity index (χ2n) is 5.83. The first kappa shape index (κ1) is 13.6. The Morgan fingerprint density at radius 2 is 2.21 bits per heavy atom. The molecule has 100 valence electrons. The van der Waals surface area contributed by atoms with Gasteiger partial charge < -0.3 is 5.32 Å². The molecule has 0 aromatic heterocycles. The topological polar surface area (TPSA) is 56.1 Å². The van der Waals surface area contributed by atoms with E-state index >= 15 is 0 Å². The van der Waals surface area contributed by atoms with Gasteiger partial charge in [0.25, 0.3) is 0 Å². The molecule has 1 aliphatic heterocycles. The van der Waals surface area contributed by atoms with Gasteiger partial charge >= 0.3 is 0 Å². The molecule has 0 atom stereocenters. The summed E-state index contributed by atoms with van der Waals surface area (Å²) in [5.74, 6) is -0.0552. The van der Waals surface area contributed by atoms with E-state index in [4.69, 9.17) is 5.26 Å². The fourth-order valence-electron chi connectivity index (χ4n) is 2.44. The molecule has 0 spiro atoms. The Kier molecular flexibility index (Phi) is 3.87. The van der Waals surface area contributed by atoms with Gasteiger partial charge in [0.05, 0.1) is 17.8 Å². The first-order chi connectivity index (χ1) is 9.00. The molecule has 1 aliphatic rings. The SMILES string of the molecule is CC1(C)CCN(CC(=O)Nc2ccccc2C#N)C1. The van der Waals surface area contributed by atoms with Crippen molar-refractivity contribution in [2.45, 2.75) is 20.3 Å². The van der Waals surface area contributed by atoms with Crippen LogP contribution in [0.15, 0.2) is 24.3 Å². The summed E-state index contributed by atoms with van der Waals surface area (Å²) in [6.07, 6.45) is 1.12. The van der Waals surface area contributed by atoms with E-state index < -0.39 is 0 Å². The minimum Gasteiger partial charge on any atom is -0.324 e. The van der Waals surface area contributed by atoms with Crippen LogP contribution in [0.1, 0.15) is 25.8 Å². The summed E-state index contributed by atoms with van der Waals surface area (Å²) in [5.41, 5.74) is 1.39. The van der Waals surface area contributed by atoms with Gasteiger partial charge in [-0.1, -0.05) is 26.0 Å². The maximum Gasteiger partial charge on any atom is 0.238 e. The van der Waals surface area contributed by atoms with Crippen LogP contribution in [0.25, 0.3) is 0 Å². The monoisotopic (exact) mass is 257 g/mol. The summed E-state index contributed by atoms with van der Waals surface area (Å²) in [5, 5.41) is 11.8. The zero-order valence-electron chi connectivity index (χ0n) is 11.4. The van der Waals surface area contributed by atoms with Crippen molar-refractivity contribution in [3.63, 3.8) is 0 Å². The molecule has 4 heteroatoms. The number of nitriles is 1. The van der Waals surface area contributed by atoms with Crippen LogP contribution in [-0.4, -0.2) is 30.4 Å². The number of para-hydroxylation sites is 1. The van der Waals surface area contributed by atoms with Gasteiger partial charge in [0.1, 0.15) is 6.07 Å². The predicted molar refractivity (Wildman–Crippen MR) is 74.6 cm³/mol. The summed E-state index contributed by atoms with van der Waals surface area (Å²) in [4.78, 5) is 14.1. The molecule has 1 aromatic rings. The summed E-state index contributed by atoms with van der Waals surface area (Å²) < 4.78 is 0. The van der Waals surface area contributed by atoms with Crippen LogP contribution >= 0.6 is 0 Å². The molecule has 1 N–H and O–H groups in total. The summed E-state index contributed by atoms with van der Waals surface area (Å²) in [6, 6.07) is 9.14. The van der Waals surface area contributed by atoms with E-state index in [1.54, 1.807) is 18.2 Å². The fourth-order valence-corrected chi connectivity index (χ4v) is 2.44. The Morgan fingerprint density at radius 1 is 1.47 bits per heavy atom. The van der Waals surface area contributed by atoms with Crippen molar-refractivity contribution in [2.24, 2.45) is 5.41 Å². The molecule has 1 saturated heterocycles. The molecule has 0 unspecified atom stereocenters. The van der Waals surface area contributed by atoms with Crippen LogP contribution in [0.3, 0.4) is 0 Å². The average molecular weight is 257 g/mol. The van der Waals surface area contributed by atoms with Crippen molar-refractivity contribution in [1.29, 1.82) is 5.26 Å². The minimum absolute atomic E-state index is 0.0552. The molecule has 1 fully saturated rings. The van der Waals surface area contributed by atoms with Crippen molar-refractivity contribution in [1.82, 2.24) is 4.90 Å². The first-order valence-corrected chi connectivity index (χ1v) is 6.51. The molecule has 1 heterocycles. The molecule has 4 nitrogen and oxygen atoms in total. The standard InChI is InChI=1S/C15H19N3O/c1-15(2)7-8-18(11-15)10-14(19)17-13-6-4-3-5-12(13)9-16/h3-6H,7-8,10-11H2,1-2H3,(H,17,19). The predicted octanol–water partition coefficient (Wildman–Crippen LogP) is 2.23.